The lowest BCUT2D eigenvalue weighted by Crippen LogP contribution is -2.20. The summed E-state index contributed by atoms with van der Waals surface area (Å²) in [6.45, 7) is 1.99. The molecule has 2 aromatic carbocycles. The van der Waals surface area contributed by atoms with Gasteiger partial charge in [0, 0.05) is 64.8 Å². The van der Waals surface area contributed by atoms with Gasteiger partial charge in [-0.3, -0.25) is 15.1 Å². The fraction of sp³-hybridized carbons (Fsp3) is 0.143. The molecule has 0 atom stereocenters. The molecule has 224 valence electrons. The predicted molar refractivity (Wildman–Crippen MR) is 175 cm³/mol. The highest BCUT2D eigenvalue weighted by atomic mass is 19.1. The summed E-state index contributed by atoms with van der Waals surface area (Å²) in [5, 5.41) is 12.7. The van der Waals surface area contributed by atoms with Crippen LogP contribution in [0.2, 0.25) is 0 Å². The summed E-state index contributed by atoms with van der Waals surface area (Å²) < 4.78 is 20.7. The average molecular weight is 599 g/mol. The van der Waals surface area contributed by atoms with E-state index in [9.17, 15) is 4.39 Å². The van der Waals surface area contributed by atoms with E-state index < -0.39 is 0 Å². The lowest BCUT2D eigenvalue weighted by Gasteiger charge is -2.13. The molecule has 7 rings (SSSR count). The maximum atomic E-state index is 14.7. The van der Waals surface area contributed by atoms with E-state index in [0.717, 1.165) is 67.7 Å². The summed E-state index contributed by atoms with van der Waals surface area (Å²) in [4.78, 5) is 19.0. The zero-order valence-electron chi connectivity index (χ0n) is 24.9. The van der Waals surface area contributed by atoms with Crippen molar-refractivity contribution in [1.29, 1.82) is 0 Å². The van der Waals surface area contributed by atoms with Gasteiger partial charge in [0.05, 0.1) is 23.6 Å². The first kappa shape index (κ1) is 28.2. The van der Waals surface area contributed by atoms with Gasteiger partial charge >= 0.3 is 0 Å². The predicted octanol–water partition coefficient (Wildman–Crippen LogP) is 6.92. The Morgan fingerprint density at radius 2 is 1.69 bits per heavy atom. The van der Waals surface area contributed by atoms with Crippen molar-refractivity contribution >= 4 is 27.6 Å². The number of likely N-dealkylation sites (N-methyl/N-ethyl adjacent to an activating group) is 1. The molecule has 0 spiro atoms. The van der Waals surface area contributed by atoms with Gasteiger partial charge in [-0.25, -0.2) is 9.37 Å². The molecule has 0 aliphatic carbocycles. The second kappa shape index (κ2) is 12.2. The monoisotopic (exact) mass is 598 g/mol. The summed E-state index contributed by atoms with van der Waals surface area (Å²) in [5.74, 6) is 0.362. The summed E-state index contributed by atoms with van der Waals surface area (Å²) in [7, 11) is 4.01. The van der Waals surface area contributed by atoms with E-state index in [1.54, 1.807) is 31.0 Å². The van der Waals surface area contributed by atoms with Crippen LogP contribution in [0.25, 0.3) is 55.6 Å². The number of H-pyrrole nitrogens is 2. The molecule has 5 heterocycles. The first-order valence-corrected chi connectivity index (χ1v) is 14.6. The van der Waals surface area contributed by atoms with E-state index in [0.29, 0.717) is 24.5 Å². The Morgan fingerprint density at radius 1 is 0.844 bits per heavy atom. The van der Waals surface area contributed by atoms with Crippen LogP contribution in [0.15, 0.2) is 97.7 Å². The number of nitrogens with one attached hydrogen (secondary N) is 3. The number of nitrogens with zero attached hydrogens (tertiary/aromatic N) is 5. The lowest BCUT2D eigenvalue weighted by atomic mass is 10.0. The Morgan fingerprint density at radius 3 is 2.56 bits per heavy atom. The van der Waals surface area contributed by atoms with Crippen molar-refractivity contribution in [3.05, 3.63) is 109 Å². The minimum Gasteiger partial charge on any atom is -0.487 e. The highest BCUT2D eigenvalue weighted by molar-refractivity contribution is 6.00. The molecule has 10 heteroatoms. The molecule has 3 N–H and O–H groups in total. The van der Waals surface area contributed by atoms with Crippen molar-refractivity contribution in [1.82, 2.24) is 35.0 Å². The topological polar surface area (TPSA) is 108 Å². The van der Waals surface area contributed by atoms with E-state index >= 15 is 0 Å². The van der Waals surface area contributed by atoms with Crippen molar-refractivity contribution < 1.29 is 9.13 Å². The van der Waals surface area contributed by atoms with E-state index in [1.807, 2.05) is 68.7 Å². The smallest absolute Gasteiger partial charge is 0.155 e. The Hall–Kier alpha value is -5.61. The van der Waals surface area contributed by atoms with Crippen molar-refractivity contribution in [2.75, 3.05) is 32.5 Å². The SMILES string of the molecule is CN(C)CCNc1cc(F)cc(-c2cncc3[nH]c(-c4n[nH]c5ncc(-c6cncc(OCc7ccccc7)c6)cc45)cc23)c1. The largest absolute Gasteiger partial charge is 0.487 e. The first-order chi connectivity index (χ1) is 22.0. The van der Waals surface area contributed by atoms with Gasteiger partial charge < -0.3 is 19.9 Å². The number of aromatic amines is 2. The normalized spacial score (nSPS) is 11.5. The van der Waals surface area contributed by atoms with Gasteiger partial charge in [0.2, 0.25) is 0 Å². The van der Waals surface area contributed by atoms with Crippen LogP contribution in [0.5, 0.6) is 5.75 Å². The molecule has 45 heavy (non-hydrogen) atoms. The molecular formula is C35H31FN8O. The van der Waals surface area contributed by atoms with E-state index in [2.05, 4.69) is 40.3 Å². The Bertz CT molecular complexity index is 2100. The number of halogens is 1. The zero-order chi connectivity index (χ0) is 30.8. The number of hydrogen-bond donors (Lipinski definition) is 3. The molecular weight excluding hydrogens is 567 g/mol. The standard InChI is InChI=1S/C35H31FN8O/c1-44(2)9-8-39-27-11-23(10-26(36)14-27)31-19-38-20-33-29(31)15-32(41-33)34-30-13-25(17-40-35(30)43-42-34)24-12-28(18-37-16-24)45-21-22-6-4-3-5-7-22/h3-7,10-20,39,41H,8-9,21H2,1-2H3,(H,40,42,43). The number of rotatable bonds is 10. The van der Waals surface area contributed by atoms with Gasteiger partial charge in [-0.05, 0) is 61.6 Å². The molecule has 0 radical (unpaired) electrons. The molecule has 0 aliphatic heterocycles. The molecule has 0 unspecified atom stereocenters. The number of benzene rings is 2. The Kier molecular flexibility index (Phi) is 7.62. The highest BCUT2D eigenvalue weighted by Gasteiger charge is 2.16. The number of ether oxygens (including phenoxy) is 1. The van der Waals surface area contributed by atoms with Crippen LogP contribution in [0.4, 0.5) is 10.1 Å². The number of anilines is 1. The first-order valence-electron chi connectivity index (χ1n) is 14.6. The van der Waals surface area contributed by atoms with Crippen LogP contribution in [0, 0.1) is 5.82 Å². The average Bonchev–Trinajstić information content (AvgIpc) is 3.68. The minimum atomic E-state index is -0.312. The van der Waals surface area contributed by atoms with Gasteiger partial charge in [-0.15, -0.1) is 0 Å². The van der Waals surface area contributed by atoms with Crippen molar-refractivity contribution in [2.24, 2.45) is 0 Å². The van der Waals surface area contributed by atoms with Crippen molar-refractivity contribution in [3.63, 3.8) is 0 Å². The maximum absolute atomic E-state index is 14.7. The molecule has 7 aromatic rings. The lowest BCUT2D eigenvalue weighted by molar-refractivity contribution is 0.305. The summed E-state index contributed by atoms with van der Waals surface area (Å²) >= 11 is 0. The number of pyridine rings is 3. The molecule has 0 saturated heterocycles. The molecule has 5 aromatic heterocycles. The summed E-state index contributed by atoms with van der Waals surface area (Å²) in [6, 6.07) is 21.0. The van der Waals surface area contributed by atoms with E-state index in [4.69, 9.17) is 4.74 Å². The van der Waals surface area contributed by atoms with Crippen LogP contribution < -0.4 is 10.1 Å². The van der Waals surface area contributed by atoms with Crippen LogP contribution in [0.3, 0.4) is 0 Å². The van der Waals surface area contributed by atoms with Crippen LogP contribution in [-0.4, -0.2) is 62.2 Å². The molecule has 9 nitrogen and oxygen atoms in total. The second-order valence-electron chi connectivity index (χ2n) is 11.2. The van der Waals surface area contributed by atoms with Crippen LogP contribution >= 0.6 is 0 Å². The van der Waals surface area contributed by atoms with Crippen LogP contribution in [-0.2, 0) is 6.61 Å². The maximum Gasteiger partial charge on any atom is 0.155 e. The molecule has 0 bridgehead atoms. The van der Waals surface area contributed by atoms with Gasteiger partial charge in [-0.1, -0.05) is 30.3 Å². The van der Waals surface area contributed by atoms with Gasteiger partial charge in [-0.2, -0.15) is 5.10 Å². The molecule has 0 fully saturated rings. The fourth-order valence-corrected chi connectivity index (χ4v) is 5.34. The highest BCUT2D eigenvalue weighted by Crippen LogP contribution is 2.35. The Labute approximate surface area is 259 Å². The van der Waals surface area contributed by atoms with Gasteiger partial charge in [0.1, 0.15) is 23.9 Å². The van der Waals surface area contributed by atoms with E-state index in [-0.39, 0.29) is 5.82 Å². The van der Waals surface area contributed by atoms with Crippen molar-refractivity contribution in [2.45, 2.75) is 6.61 Å². The van der Waals surface area contributed by atoms with Crippen molar-refractivity contribution in [3.8, 4) is 39.4 Å². The van der Waals surface area contributed by atoms with Crippen LogP contribution in [0.1, 0.15) is 5.56 Å². The number of aromatic nitrogens is 6. The fourth-order valence-electron chi connectivity index (χ4n) is 5.34. The summed E-state index contributed by atoms with van der Waals surface area (Å²) in [5.41, 5.74) is 8.13. The van der Waals surface area contributed by atoms with E-state index in [1.165, 1.54) is 12.1 Å². The molecule has 0 amide bonds. The third-order valence-electron chi connectivity index (χ3n) is 7.61. The second-order valence-corrected chi connectivity index (χ2v) is 11.2. The quantitative estimate of drug-likeness (QED) is 0.157. The third kappa shape index (κ3) is 6.09. The molecule has 0 aliphatic rings. The number of fused-ring (bicyclic) bond motifs is 2. The minimum absolute atomic E-state index is 0.312. The molecule has 0 saturated carbocycles. The zero-order valence-corrected chi connectivity index (χ0v) is 24.9. The third-order valence-corrected chi connectivity index (χ3v) is 7.61. The number of hydrogen-bond acceptors (Lipinski definition) is 7. The van der Waals surface area contributed by atoms with Gasteiger partial charge in [0.15, 0.2) is 5.65 Å². The Balaban J connectivity index is 1.20. The van der Waals surface area contributed by atoms with Gasteiger partial charge in [0.25, 0.3) is 0 Å². The summed E-state index contributed by atoms with van der Waals surface area (Å²) in [6.07, 6.45) is 8.83.